The van der Waals surface area contributed by atoms with Crippen LogP contribution in [0.5, 0.6) is 0 Å². The third-order valence-electron chi connectivity index (χ3n) is 3.26. The topological polar surface area (TPSA) is 112 Å². The second-order valence-corrected chi connectivity index (χ2v) is 4.91. The number of para-hydroxylation sites is 1. The van der Waals surface area contributed by atoms with Gasteiger partial charge < -0.3 is 11.1 Å². The lowest BCUT2D eigenvalue weighted by Crippen LogP contribution is -2.28. The maximum absolute atomic E-state index is 12.2. The third-order valence-corrected chi connectivity index (χ3v) is 3.26. The molecular formula is C15H15N7O. The van der Waals surface area contributed by atoms with Gasteiger partial charge in [0.2, 0.25) is 0 Å². The van der Waals surface area contributed by atoms with Gasteiger partial charge in [0.15, 0.2) is 11.5 Å². The number of carbonyl (C=O) groups is 1. The number of anilines is 1. The molecule has 0 aliphatic heterocycles. The van der Waals surface area contributed by atoms with E-state index < -0.39 is 5.91 Å². The maximum Gasteiger partial charge on any atom is 0.274 e. The number of nitrogens with zero attached hydrogens (tertiary/aromatic N) is 5. The lowest BCUT2D eigenvalue weighted by atomic mass is 10.2. The lowest BCUT2D eigenvalue weighted by Gasteiger charge is -2.11. The minimum absolute atomic E-state index is 0.0881. The molecular weight excluding hydrogens is 294 g/mol. The third kappa shape index (κ3) is 3.15. The van der Waals surface area contributed by atoms with Gasteiger partial charge in [0.25, 0.3) is 5.91 Å². The first-order chi connectivity index (χ1) is 11.1. The molecule has 0 saturated heterocycles. The molecule has 2 heterocycles. The average Bonchev–Trinajstić information content (AvgIpc) is 3.06. The molecule has 3 N–H and O–H groups in total. The first-order valence-electron chi connectivity index (χ1n) is 7.00. The van der Waals surface area contributed by atoms with Gasteiger partial charge in [0.05, 0.1) is 17.9 Å². The van der Waals surface area contributed by atoms with E-state index in [0.717, 1.165) is 5.69 Å². The van der Waals surface area contributed by atoms with E-state index in [2.05, 4.69) is 25.6 Å². The summed E-state index contributed by atoms with van der Waals surface area (Å²) in [5, 5.41) is 10.9. The van der Waals surface area contributed by atoms with Gasteiger partial charge in [0, 0.05) is 12.4 Å². The smallest absolute Gasteiger partial charge is 0.274 e. The highest BCUT2D eigenvalue weighted by molar-refractivity contribution is 5.96. The first-order valence-corrected chi connectivity index (χ1v) is 7.00. The zero-order valence-corrected chi connectivity index (χ0v) is 12.4. The van der Waals surface area contributed by atoms with E-state index >= 15 is 0 Å². The number of benzene rings is 1. The minimum atomic E-state index is -0.405. The summed E-state index contributed by atoms with van der Waals surface area (Å²) in [5.41, 5.74) is 7.26. The molecule has 1 aromatic carbocycles. The molecule has 3 rings (SSSR count). The van der Waals surface area contributed by atoms with Gasteiger partial charge in [-0.2, -0.15) is 0 Å². The maximum atomic E-state index is 12.2. The lowest BCUT2D eigenvalue weighted by molar-refractivity contribution is 0.0934. The van der Waals surface area contributed by atoms with Crippen molar-refractivity contribution in [1.29, 1.82) is 0 Å². The predicted octanol–water partition coefficient (Wildman–Crippen LogP) is 1.13. The number of nitrogens with two attached hydrogens (primary N) is 1. The van der Waals surface area contributed by atoms with Crippen LogP contribution in [0.3, 0.4) is 0 Å². The molecule has 0 aliphatic carbocycles. The number of amides is 1. The second kappa shape index (κ2) is 6.22. The van der Waals surface area contributed by atoms with E-state index in [1.54, 1.807) is 10.9 Å². The molecule has 2 aromatic heterocycles. The Morgan fingerprint density at radius 3 is 2.70 bits per heavy atom. The molecule has 8 nitrogen and oxygen atoms in total. The molecule has 0 fully saturated rings. The predicted molar refractivity (Wildman–Crippen MR) is 83.7 cm³/mol. The van der Waals surface area contributed by atoms with E-state index in [4.69, 9.17) is 5.73 Å². The number of nitrogens with one attached hydrogen (secondary N) is 1. The Hall–Kier alpha value is -3.29. The number of aromatic nitrogens is 5. The van der Waals surface area contributed by atoms with Crippen LogP contribution in [0.1, 0.15) is 29.1 Å². The van der Waals surface area contributed by atoms with Crippen LogP contribution in [0.25, 0.3) is 5.69 Å². The van der Waals surface area contributed by atoms with Crippen molar-refractivity contribution in [2.45, 2.75) is 13.0 Å². The highest BCUT2D eigenvalue weighted by atomic mass is 16.2. The quantitative estimate of drug-likeness (QED) is 0.747. The summed E-state index contributed by atoms with van der Waals surface area (Å²) < 4.78 is 1.65. The minimum Gasteiger partial charge on any atom is -0.382 e. The number of nitrogen functional groups attached to an aromatic ring is 1. The monoisotopic (exact) mass is 309 g/mol. The summed E-state index contributed by atoms with van der Waals surface area (Å²) in [4.78, 5) is 20.0. The molecule has 8 heteroatoms. The zero-order valence-electron chi connectivity index (χ0n) is 12.4. The van der Waals surface area contributed by atoms with Gasteiger partial charge in [-0.05, 0) is 19.1 Å². The molecule has 0 radical (unpaired) electrons. The number of hydrogen-bond acceptors (Lipinski definition) is 6. The van der Waals surface area contributed by atoms with Crippen LogP contribution in [0, 0.1) is 0 Å². The van der Waals surface area contributed by atoms with Gasteiger partial charge in [-0.3, -0.25) is 4.79 Å². The van der Waals surface area contributed by atoms with E-state index in [9.17, 15) is 4.79 Å². The Morgan fingerprint density at radius 2 is 1.96 bits per heavy atom. The Bertz CT molecular complexity index is 815. The molecule has 23 heavy (non-hydrogen) atoms. The van der Waals surface area contributed by atoms with Crippen LogP contribution in [0.15, 0.2) is 48.9 Å². The molecule has 1 amide bonds. The first kappa shape index (κ1) is 14.6. The Morgan fingerprint density at radius 1 is 1.22 bits per heavy atom. The molecule has 3 aromatic rings. The van der Waals surface area contributed by atoms with Crippen LogP contribution >= 0.6 is 0 Å². The summed E-state index contributed by atoms with van der Waals surface area (Å²) in [6, 6.07) is 9.25. The van der Waals surface area contributed by atoms with Crippen molar-refractivity contribution in [2.24, 2.45) is 0 Å². The summed E-state index contributed by atoms with van der Waals surface area (Å²) in [6.07, 6.45) is 4.61. The van der Waals surface area contributed by atoms with Crippen LogP contribution in [0.4, 0.5) is 5.82 Å². The van der Waals surface area contributed by atoms with Gasteiger partial charge >= 0.3 is 0 Å². The Balaban J connectivity index is 1.74. The summed E-state index contributed by atoms with van der Waals surface area (Å²) in [5.74, 6) is -0.317. The standard InChI is InChI=1S/C15H15N7O/c1-10(19-15(23)13-14(16)18-8-7-17-13)12-9-22(21-20-12)11-5-3-2-4-6-11/h2-10H,1H3,(H2,16,18)(H,19,23)/t10-/m1/s1. The molecule has 0 bridgehead atoms. The van der Waals surface area contributed by atoms with Crippen molar-refractivity contribution in [1.82, 2.24) is 30.3 Å². The van der Waals surface area contributed by atoms with Gasteiger partial charge in [-0.1, -0.05) is 23.4 Å². The van der Waals surface area contributed by atoms with Crippen LogP contribution in [-0.2, 0) is 0 Å². The van der Waals surface area contributed by atoms with E-state index in [1.807, 2.05) is 37.3 Å². The molecule has 1 atom stereocenters. The van der Waals surface area contributed by atoms with Crippen molar-refractivity contribution in [3.05, 3.63) is 60.3 Å². The molecule has 0 aliphatic rings. The summed E-state index contributed by atoms with van der Waals surface area (Å²) >= 11 is 0. The highest BCUT2D eigenvalue weighted by Gasteiger charge is 2.17. The molecule has 0 saturated carbocycles. The number of hydrogen-bond donors (Lipinski definition) is 2. The highest BCUT2D eigenvalue weighted by Crippen LogP contribution is 2.13. The molecule has 0 unspecified atom stereocenters. The molecule has 116 valence electrons. The molecule has 0 spiro atoms. The van der Waals surface area contributed by atoms with Crippen molar-refractivity contribution in [2.75, 3.05) is 5.73 Å². The number of rotatable bonds is 4. The van der Waals surface area contributed by atoms with Crippen LogP contribution in [-0.4, -0.2) is 30.9 Å². The van der Waals surface area contributed by atoms with Crippen molar-refractivity contribution in [3.8, 4) is 5.69 Å². The van der Waals surface area contributed by atoms with Gasteiger partial charge in [-0.15, -0.1) is 5.10 Å². The zero-order chi connectivity index (χ0) is 16.2. The fourth-order valence-electron chi connectivity index (χ4n) is 2.04. The SMILES string of the molecule is C[C@@H](NC(=O)c1nccnc1N)c1cn(-c2ccccc2)nn1. The number of carbonyl (C=O) groups excluding carboxylic acids is 1. The van der Waals surface area contributed by atoms with Crippen molar-refractivity contribution < 1.29 is 4.79 Å². The van der Waals surface area contributed by atoms with Crippen LogP contribution < -0.4 is 11.1 Å². The van der Waals surface area contributed by atoms with Crippen molar-refractivity contribution >= 4 is 11.7 Å². The fourth-order valence-corrected chi connectivity index (χ4v) is 2.04. The summed E-state index contributed by atoms with van der Waals surface area (Å²) in [6.45, 7) is 1.81. The largest absolute Gasteiger partial charge is 0.382 e. The van der Waals surface area contributed by atoms with Gasteiger partial charge in [-0.25, -0.2) is 14.6 Å². The van der Waals surface area contributed by atoms with Gasteiger partial charge in [0.1, 0.15) is 5.69 Å². The summed E-state index contributed by atoms with van der Waals surface area (Å²) in [7, 11) is 0. The van der Waals surface area contributed by atoms with Crippen LogP contribution in [0.2, 0.25) is 0 Å². The fraction of sp³-hybridized carbons (Fsp3) is 0.133. The average molecular weight is 309 g/mol. The Labute approximate surface area is 132 Å². The van der Waals surface area contributed by atoms with E-state index in [0.29, 0.717) is 5.69 Å². The van der Waals surface area contributed by atoms with Crippen molar-refractivity contribution in [3.63, 3.8) is 0 Å². The van der Waals surface area contributed by atoms with E-state index in [1.165, 1.54) is 12.4 Å². The Kier molecular flexibility index (Phi) is 3.96. The normalized spacial score (nSPS) is 11.9. The van der Waals surface area contributed by atoms with E-state index in [-0.39, 0.29) is 17.6 Å². The second-order valence-electron chi connectivity index (χ2n) is 4.91.